The first-order valence-corrected chi connectivity index (χ1v) is 6.88. The first kappa shape index (κ1) is 13.8. The van der Waals surface area contributed by atoms with Gasteiger partial charge in [0.1, 0.15) is 5.82 Å². The molecule has 5 nitrogen and oxygen atoms in total. The van der Waals surface area contributed by atoms with Crippen LogP contribution in [0.25, 0.3) is 0 Å². The Kier molecular flexibility index (Phi) is 4.74. The van der Waals surface area contributed by atoms with Crippen molar-refractivity contribution < 1.29 is 0 Å². The van der Waals surface area contributed by atoms with Gasteiger partial charge in [-0.25, -0.2) is 4.98 Å². The lowest BCUT2D eigenvalue weighted by molar-refractivity contribution is 0.491. The lowest BCUT2D eigenvalue weighted by Gasteiger charge is -2.16. The molecule has 2 heterocycles. The van der Waals surface area contributed by atoms with Gasteiger partial charge >= 0.3 is 0 Å². The molecule has 0 aliphatic heterocycles. The predicted octanol–water partition coefficient (Wildman–Crippen LogP) is 1.83. The van der Waals surface area contributed by atoms with Crippen molar-refractivity contribution >= 4 is 0 Å². The summed E-state index contributed by atoms with van der Waals surface area (Å²) < 4.78 is 3.94. The largest absolute Gasteiger partial charge is 0.338 e. The molecule has 19 heavy (non-hydrogen) atoms. The van der Waals surface area contributed by atoms with Crippen LogP contribution in [0, 0.1) is 0 Å². The van der Waals surface area contributed by atoms with Crippen molar-refractivity contribution in [2.45, 2.75) is 32.2 Å². The fraction of sp³-hybridized carbons (Fsp3) is 0.571. The van der Waals surface area contributed by atoms with Gasteiger partial charge in [-0.2, -0.15) is 5.10 Å². The van der Waals surface area contributed by atoms with Gasteiger partial charge in [-0.1, -0.05) is 6.92 Å². The minimum atomic E-state index is 0.352. The molecule has 0 bridgehead atoms. The zero-order chi connectivity index (χ0) is 13.7. The second-order valence-corrected chi connectivity index (χ2v) is 4.95. The predicted molar refractivity (Wildman–Crippen MR) is 75.8 cm³/mol. The minimum Gasteiger partial charge on any atom is -0.338 e. The Balaban J connectivity index is 1.99. The average Bonchev–Trinajstić information content (AvgIpc) is 2.99. The summed E-state index contributed by atoms with van der Waals surface area (Å²) in [5, 5.41) is 7.85. The summed E-state index contributed by atoms with van der Waals surface area (Å²) in [6, 6.07) is 0.352. The topological polar surface area (TPSA) is 47.7 Å². The number of nitrogens with zero attached hydrogens (tertiary/aromatic N) is 4. The maximum Gasteiger partial charge on any atom is 0.108 e. The van der Waals surface area contributed by atoms with E-state index >= 15 is 0 Å². The minimum absolute atomic E-state index is 0.352. The van der Waals surface area contributed by atoms with Crippen LogP contribution in [-0.4, -0.2) is 25.9 Å². The quantitative estimate of drug-likeness (QED) is 0.827. The molecule has 1 atom stereocenters. The first-order chi connectivity index (χ1) is 9.20. The number of aryl methyl sites for hydroxylation is 3. The van der Waals surface area contributed by atoms with Crippen LogP contribution in [0.3, 0.4) is 0 Å². The fourth-order valence-electron chi connectivity index (χ4n) is 2.24. The molecule has 2 aromatic heterocycles. The lowest BCUT2D eigenvalue weighted by Crippen LogP contribution is -2.22. The maximum atomic E-state index is 4.38. The molecule has 0 radical (unpaired) electrons. The summed E-state index contributed by atoms with van der Waals surface area (Å²) in [6.07, 6.45) is 11.0. The van der Waals surface area contributed by atoms with Crippen molar-refractivity contribution in [3.8, 4) is 0 Å². The van der Waals surface area contributed by atoms with Gasteiger partial charge in [-0.15, -0.1) is 0 Å². The van der Waals surface area contributed by atoms with E-state index in [1.807, 2.05) is 37.4 Å². The van der Waals surface area contributed by atoms with Gasteiger partial charge < -0.3 is 9.88 Å². The number of rotatable bonds is 7. The maximum absolute atomic E-state index is 4.38. The molecule has 0 fully saturated rings. The molecule has 1 unspecified atom stereocenters. The Bertz CT molecular complexity index is 499. The van der Waals surface area contributed by atoms with E-state index < -0.39 is 0 Å². The van der Waals surface area contributed by atoms with E-state index in [0.717, 1.165) is 31.6 Å². The van der Waals surface area contributed by atoms with E-state index in [-0.39, 0.29) is 0 Å². The number of nitrogens with one attached hydrogen (secondary N) is 1. The molecular weight excluding hydrogens is 238 g/mol. The number of imidazole rings is 1. The third-order valence-corrected chi connectivity index (χ3v) is 3.35. The first-order valence-electron chi connectivity index (χ1n) is 6.88. The van der Waals surface area contributed by atoms with Crippen LogP contribution in [0.4, 0.5) is 0 Å². The second kappa shape index (κ2) is 6.52. The Morgan fingerprint density at radius 1 is 1.37 bits per heavy atom. The van der Waals surface area contributed by atoms with Crippen LogP contribution < -0.4 is 5.32 Å². The van der Waals surface area contributed by atoms with Gasteiger partial charge in [0.05, 0.1) is 6.20 Å². The number of hydrogen-bond acceptors (Lipinski definition) is 3. The van der Waals surface area contributed by atoms with Crippen molar-refractivity contribution in [3.05, 3.63) is 36.2 Å². The Labute approximate surface area is 114 Å². The molecular formula is C14H23N5. The zero-order valence-corrected chi connectivity index (χ0v) is 12.0. The molecule has 1 N–H and O–H groups in total. The third kappa shape index (κ3) is 3.67. The van der Waals surface area contributed by atoms with E-state index in [1.54, 1.807) is 0 Å². The summed E-state index contributed by atoms with van der Waals surface area (Å²) in [6.45, 7) is 3.21. The molecule has 0 saturated heterocycles. The highest BCUT2D eigenvalue weighted by molar-refractivity contribution is 5.10. The van der Waals surface area contributed by atoms with Crippen LogP contribution in [0.15, 0.2) is 24.8 Å². The fourth-order valence-corrected chi connectivity index (χ4v) is 2.24. The SMILES string of the molecule is CCCNC(CCc1nccn1C)c1cnn(C)c1. The van der Waals surface area contributed by atoms with E-state index in [9.17, 15) is 0 Å². The Hall–Kier alpha value is -1.62. The van der Waals surface area contributed by atoms with Crippen molar-refractivity contribution in [2.24, 2.45) is 14.1 Å². The van der Waals surface area contributed by atoms with E-state index in [4.69, 9.17) is 0 Å². The van der Waals surface area contributed by atoms with Gasteiger partial charge in [0.15, 0.2) is 0 Å². The van der Waals surface area contributed by atoms with Crippen molar-refractivity contribution in [3.63, 3.8) is 0 Å². The standard InChI is InChI=1S/C14H23N5/c1-4-7-15-13(12-10-17-19(3)11-12)5-6-14-16-8-9-18(14)2/h8-11,13,15H,4-7H2,1-3H3. The van der Waals surface area contributed by atoms with E-state index in [2.05, 4.69) is 33.1 Å². The van der Waals surface area contributed by atoms with Gasteiger partial charge in [0.2, 0.25) is 0 Å². The van der Waals surface area contributed by atoms with Crippen molar-refractivity contribution in [1.29, 1.82) is 0 Å². The van der Waals surface area contributed by atoms with Crippen LogP contribution in [-0.2, 0) is 20.5 Å². The molecule has 0 saturated carbocycles. The summed E-state index contributed by atoms with van der Waals surface area (Å²) in [5.41, 5.74) is 1.25. The highest BCUT2D eigenvalue weighted by Gasteiger charge is 2.13. The van der Waals surface area contributed by atoms with Gasteiger partial charge in [0, 0.05) is 50.7 Å². The van der Waals surface area contributed by atoms with E-state index in [1.165, 1.54) is 5.56 Å². The van der Waals surface area contributed by atoms with Gasteiger partial charge in [-0.05, 0) is 19.4 Å². The lowest BCUT2D eigenvalue weighted by atomic mass is 10.1. The summed E-state index contributed by atoms with van der Waals surface area (Å²) in [5.74, 6) is 1.13. The van der Waals surface area contributed by atoms with Crippen molar-refractivity contribution in [2.75, 3.05) is 6.54 Å². The number of aromatic nitrogens is 4. The van der Waals surface area contributed by atoms with Crippen LogP contribution >= 0.6 is 0 Å². The normalized spacial score (nSPS) is 12.8. The zero-order valence-electron chi connectivity index (χ0n) is 12.0. The monoisotopic (exact) mass is 261 g/mol. The van der Waals surface area contributed by atoms with Gasteiger partial charge in [-0.3, -0.25) is 4.68 Å². The molecule has 0 aromatic carbocycles. The molecule has 2 aromatic rings. The molecule has 104 valence electrons. The summed E-state index contributed by atoms with van der Waals surface area (Å²) in [7, 11) is 4.00. The molecule has 5 heteroatoms. The summed E-state index contributed by atoms with van der Waals surface area (Å²) >= 11 is 0. The van der Waals surface area contributed by atoms with Crippen molar-refractivity contribution in [1.82, 2.24) is 24.6 Å². The van der Waals surface area contributed by atoms with Crippen LogP contribution in [0.2, 0.25) is 0 Å². The third-order valence-electron chi connectivity index (χ3n) is 3.35. The van der Waals surface area contributed by atoms with E-state index in [0.29, 0.717) is 6.04 Å². The summed E-state index contributed by atoms with van der Waals surface area (Å²) in [4.78, 5) is 4.38. The highest BCUT2D eigenvalue weighted by Crippen LogP contribution is 2.18. The molecule has 0 aliphatic rings. The number of hydrogen-bond donors (Lipinski definition) is 1. The average molecular weight is 261 g/mol. The second-order valence-electron chi connectivity index (χ2n) is 4.95. The smallest absolute Gasteiger partial charge is 0.108 e. The molecule has 2 rings (SSSR count). The molecule has 0 amide bonds. The van der Waals surface area contributed by atoms with Crippen LogP contribution in [0.1, 0.15) is 37.2 Å². The molecule has 0 aliphatic carbocycles. The molecule has 0 spiro atoms. The Morgan fingerprint density at radius 3 is 2.79 bits per heavy atom. The van der Waals surface area contributed by atoms with Crippen LogP contribution in [0.5, 0.6) is 0 Å². The van der Waals surface area contributed by atoms with Gasteiger partial charge in [0.25, 0.3) is 0 Å². The highest BCUT2D eigenvalue weighted by atomic mass is 15.2. The Morgan fingerprint density at radius 2 is 2.21 bits per heavy atom.